The predicted molar refractivity (Wildman–Crippen MR) is 61.7 cm³/mol. The first-order valence-corrected chi connectivity index (χ1v) is 5.74. The molecule has 5 nitrogen and oxygen atoms in total. The fourth-order valence-corrected chi connectivity index (χ4v) is 2.37. The molecule has 0 radical (unpaired) electrons. The third-order valence-corrected chi connectivity index (χ3v) is 3.00. The molecule has 1 rings (SSSR count). The predicted octanol–water partition coefficient (Wildman–Crippen LogP) is -0.197. The normalized spacial score (nSPS) is 20.3. The summed E-state index contributed by atoms with van der Waals surface area (Å²) in [6, 6.07) is 0.323. The highest BCUT2D eigenvalue weighted by atomic mass is 16.2. The summed E-state index contributed by atoms with van der Waals surface area (Å²) in [5, 5.41) is 0. The van der Waals surface area contributed by atoms with Gasteiger partial charge >= 0.3 is 0 Å². The Morgan fingerprint density at radius 1 is 1.50 bits per heavy atom. The van der Waals surface area contributed by atoms with Gasteiger partial charge in [-0.1, -0.05) is 0 Å². The highest BCUT2D eigenvalue weighted by molar-refractivity contribution is 5.79. The number of nitrogens with zero attached hydrogens (tertiary/aromatic N) is 2. The number of carbonyl (C=O) groups excluding carboxylic acids is 2. The van der Waals surface area contributed by atoms with E-state index in [1.807, 2.05) is 18.7 Å². The van der Waals surface area contributed by atoms with Gasteiger partial charge in [0.1, 0.15) is 0 Å². The Balaban J connectivity index is 2.63. The molecule has 0 saturated carbocycles. The molecule has 16 heavy (non-hydrogen) atoms. The molecule has 2 amide bonds. The smallest absolute Gasteiger partial charge is 0.236 e. The molecule has 1 fully saturated rings. The van der Waals surface area contributed by atoms with Crippen molar-refractivity contribution >= 4 is 11.8 Å². The zero-order valence-corrected chi connectivity index (χ0v) is 10.3. The summed E-state index contributed by atoms with van der Waals surface area (Å²) in [5.41, 5.74) is 5.32. The third kappa shape index (κ3) is 2.72. The maximum absolute atomic E-state index is 11.5. The minimum absolute atomic E-state index is 0.0326. The van der Waals surface area contributed by atoms with Crippen molar-refractivity contribution in [3.8, 4) is 0 Å². The first-order valence-electron chi connectivity index (χ1n) is 5.74. The molecule has 2 N–H and O–H groups in total. The molecule has 92 valence electrons. The minimum Gasteiger partial charge on any atom is -0.339 e. The third-order valence-electron chi connectivity index (χ3n) is 3.00. The van der Waals surface area contributed by atoms with Crippen LogP contribution >= 0.6 is 0 Å². The van der Waals surface area contributed by atoms with Crippen molar-refractivity contribution in [2.24, 2.45) is 5.73 Å². The van der Waals surface area contributed by atoms with Crippen LogP contribution in [0.2, 0.25) is 0 Å². The Hall–Kier alpha value is -1.10. The van der Waals surface area contributed by atoms with Gasteiger partial charge in [0.2, 0.25) is 11.8 Å². The van der Waals surface area contributed by atoms with Gasteiger partial charge in [0.05, 0.1) is 12.6 Å². The van der Waals surface area contributed by atoms with Crippen LogP contribution in [-0.2, 0) is 9.59 Å². The van der Waals surface area contributed by atoms with Crippen molar-refractivity contribution in [3.63, 3.8) is 0 Å². The molecule has 0 aromatic rings. The monoisotopic (exact) mass is 227 g/mol. The second-order valence-corrected chi connectivity index (χ2v) is 4.51. The van der Waals surface area contributed by atoms with E-state index in [4.69, 9.17) is 5.73 Å². The number of hydrogen-bond acceptors (Lipinski definition) is 3. The molecule has 5 heteroatoms. The average Bonchev–Trinajstić information content (AvgIpc) is 2.64. The summed E-state index contributed by atoms with van der Waals surface area (Å²) in [7, 11) is 0. The van der Waals surface area contributed by atoms with Crippen LogP contribution in [0.25, 0.3) is 0 Å². The summed E-state index contributed by atoms with van der Waals surface area (Å²) >= 11 is 0. The van der Waals surface area contributed by atoms with E-state index in [0.717, 1.165) is 6.42 Å². The van der Waals surface area contributed by atoms with E-state index in [-0.39, 0.29) is 30.4 Å². The number of carbonyl (C=O) groups is 2. The number of nitrogens with two attached hydrogens (primary N) is 1. The number of rotatable bonds is 3. The lowest BCUT2D eigenvalue weighted by molar-refractivity contribution is -0.134. The van der Waals surface area contributed by atoms with Gasteiger partial charge in [0.15, 0.2) is 0 Å². The van der Waals surface area contributed by atoms with Crippen molar-refractivity contribution in [2.75, 3.05) is 19.6 Å². The van der Waals surface area contributed by atoms with E-state index >= 15 is 0 Å². The van der Waals surface area contributed by atoms with Crippen molar-refractivity contribution < 1.29 is 9.59 Å². The van der Waals surface area contributed by atoms with E-state index < -0.39 is 0 Å². The van der Waals surface area contributed by atoms with E-state index in [1.165, 1.54) is 0 Å². The molecular weight excluding hydrogens is 206 g/mol. The Morgan fingerprint density at radius 3 is 2.56 bits per heavy atom. The van der Waals surface area contributed by atoms with Crippen LogP contribution in [0.5, 0.6) is 0 Å². The Morgan fingerprint density at radius 2 is 2.12 bits per heavy atom. The summed E-state index contributed by atoms with van der Waals surface area (Å²) in [5.74, 6) is 0.0387. The van der Waals surface area contributed by atoms with Gasteiger partial charge in [-0.05, 0) is 20.3 Å². The molecule has 1 heterocycles. The average molecular weight is 227 g/mol. The topological polar surface area (TPSA) is 66.6 Å². The lowest BCUT2D eigenvalue weighted by Gasteiger charge is -2.31. The SMILES string of the molecule is CC(=O)N(C(C)C)[C@@H]1CCN(C(=O)CN)C1. The van der Waals surface area contributed by atoms with Gasteiger partial charge in [-0.25, -0.2) is 0 Å². The van der Waals surface area contributed by atoms with Crippen LogP contribution in [0.4, 0.5) is 0 Å². The maximum Gasteiger partial charge on any atom is 0.236 e. The standard InChI is InChI=1S/C11H21N3O2/c1-8(2)14(9(3)15)10-4-5-13(7-10)11(16)6-12/h8,10H,4-7,12H2,1-3H3/t10-/m1/s1. The van der Waals surface area contributed by atoms with Crippen molar-refractivity contribution in [1.29, 1.82) is 0 Å². The van der Waals surface area contributed by atoms with Crippen molar-refractivity contribution in [1.82, 2.24) is 9.80 Å². The quantitative estimate of drug-likeness (QED) is 0.726. The second-order valence-electron chi connectivity index (χ2n) is 4.51. The first-order chi connectivity index (χ1) is 7.47. The van der Waals surface area contributed by atoms with Crippen LogP contribution in [0.3, 0.4) is 0 Å². The van der Waals surface area contributed by atoms with Gasteiger partial charge in [0.25, 0.3) is 0 Å². The molecule has 1 aliphatic heterocycles. The first kappa shape index (κ1) is 13.0. The summed E-state index contributed by atoms with van der Waals surface area (Å²) in [6.07, 6.45) is 0.851. The highest BCUT2D eigenvalue weighted by Gasteiger charge is 2.32. The van der Waals surface area contributed by atoms with E-state index in [0.29, 0.717) is 13.1 Å². The van der Waals surface area contributed by atoms with E-state index in [1.54, 1.807) is 11.8 Å². The van der Waals surface area contributed by atoms with Gasteiger partial charge in [-0.3, -0.25) is 9.59 Å². The van der Waals surface area contributed by atoms with Crippen LogP contribution in [0.1, 0.15) is 27.2 Å². The molecule has 0 bridgehead atoms. The van der Waals surface area contributed by atoms with Gasteiger partial charge in [0, 0.05) is 26.1 Å². The van der Waals surface area contributed by atoms with Crippen LogP contribution < -0.4 is 5.73 Å². The van der Waals surface area contributed by atoms with Gasteiger partial charge < -0.3 is 15.5 Å². The molecule has 0 unspecified atom stereocenters. The highest BCUT2D eigenvalue weighted by Crippen LogP contribution is 2.18. The molecule has 1 atom stereocenters. The fourth-order valence-electron chi connectivity index (χ4n) is 2.37. The number of amides is 2. The van der Waals surface area contributed by atoms with Crippen molar-refractivity contribution in [2.45, 2.75) is 39.3 Å². The fraction of sp³-hybridized carbons (Fsp3) is 0.818. The molecule has 1 aliphatic rings. The second kappa shape index (κ2) is 5.30. The van der Waals surface area contributed by atoms with Crippen LogP contribution in [-0.4, -0.2) is 53.3 Å². The molecule has 0 aliphatic carbocycles. The van der Waals surface area contributed by atoms with Crippen molar-refractivity contribution in [3.05, 3.63) is 0 Å². The number of likely N-dealkylation sites (tertiary alicyclic amines) is 1. The summed E-state index contributed by atoms with van der Waals surface area (Å²) in [6.45, 7) is 6.94. The van der Waals surface area contributed by atoms with Crippen LogP contribution in [0, 0.1) is 0 Å². The minimum atomic E-state index is -0.0326. The van der Waals surface area contributed by atoms with E-state index in [9.17, 15) is 9.59 Å². The lowest BCUT2D eigenvalue weighted by atomic mass is 10.1. The maximum atomic E-state index is 11.5. The molecule has 0 aromatic carbocycles. The summed E-state index contributed by atoms with van der Waals surface area (Å²) in [4.78, 5) is 26.5. The van der Waals surface area contributed by atoms with E-state index in [2.05, 4.69) is 0 Å². The largest absolute Gasteiger partial charge is 0.339 e. The van der Waals surface area contributed by atoms with Gasteiger partial charge in [-0.2, -0.15) is 0 Å². The molecule has 1 saturated heterocycles. The zero-order chi connectivity index (χ0) is 12.3. The van der Waals surface area contributed by atoms with Crippen LogP contribution in [0.15, 0.2) is 0 Å². The number of hydrogen-bond donors (Lipinski definition) is 1. The van der Waals surface area contributed by atoms with Gasteiger partial charge in [-0.15, -0.1) is 0 Å². The summed E-state index contributed by atoms with van der Waals surface area (Å²) < 4.78 is 0. The lowest BCUT2D eigenvalue weighted by Crippen LogP contribution is -2.46. The molecular formula is C11H21N3O2. The molecule has 0 spiro atoms. The molecule has 0 aromatic heterocycles. The Labute approximate surface area is 96.6 Å². The zero-order valence-electron chi connectivity index (χ0n) is 10.3. The Kier molecular flexibility index (Phi) is 4.29. The Bertz CT molecular complexity index is 278.